The lowest BCUT2D eigenvalue weighted by molar-refractivity contribution is -0.122. The number of imidazole rings is 1. The molecule has 0 aromatic carbocycles. The topological polar surface area (TPSA) is 158 Å². The maximum atomic E-state index is 12.6. The van der Waals surface area contributed by atoms with Gasteiger partial charge in [0.2, 0.25) is 5.91 Å². The number of nitrogens with one attached hydrogen (secondary N) is 2. The van der Waals surface area contributed by atoms with Gasteiger partial charge in [0.25, 0.3) is 0 Å². The standard InChI is InChI=1S/C39H77N4O7P/c1-3-5-7-9-11-13-15-17-19-21-23-25-28-47-33-37(48-29-26-24-22-20-18-16-14-12-10-8-6-4-2)34-50-51(45,46)49-30-27-42-39(44)38(40)31-36-32-41-35-43-36/h32,35,37-38H,3-31,33-34,40H2,1-2H3,(H,41,43)(H,42,44)(H,45,46). The average Bonchev–Trinajstić information content (AvgIpc) is 3.63. The predicted molar refractivity (Wildman–Crippen MR) is 208 cm³/mol. The third kappa shape index (κ3) is 30.8. The van der Waals surface area contributed by atoms with Crippen LogP contribution in [0.3, 0.4) is 0 Å². The molecule has 1 rings (SSSR count). The zero-order valence-corrected chi connectivity index (χ0v) is 33.5. The molecule has 0 aliphatic carbocycles. The van der Waals surface area contributed by atoms with Gasteiger partial charge in [-0.3, -0.25) is 13.8 Å². The highest BCUT2D eigenvalue weighted by molar-refractivity contribution is 7.47. The Morgan fingerprint density at radius 1 is 0.745 bits per heavy atom. The molecule has 1 amide bonds. The highest BCUT2D eigenvalue weighted by Gasteiger charge is 2.24. The minimum absolute atomic E-state index is 0.0183. The van der Waals surface area contributed by atoms with Crippen molar-refractivity contribution in [3.05, 3.63) is 18.2 Å². The first-order valence-electron chi connectivity index (χ1n) is 20.7. The van der Waals surface area contributed by atoms with Crippen LogP contribution in [0.1, 0.15) is 174 Å². The van der Waals surface area contributed by atoms with Crippen molar-refractivity contribution in [2.45, 2.75) is 187 Å². The van der Waals surface area contributed by atoms with Crippen LogP contribution in [-0.2, 0) is 34.3 Å². The first-order chi connectivity index (χ1) is 24.9. The highest BCUT2D eigenvalue weighted by Crippen LogP contribution is 2.43. The Bertz CT molecular complexity index is 941. The van der Waals surface area contributed by atoms with Crippen molar-refractivity contribution in [1.29, 1.82) is 0 Å². The van der Waals surface area contributed by atoms with Crippen molar-refractivity contribution >= 4 is 13.7 Å². The fraction of sp³-hybridized carbons (Fsp3) is 0.897. The summed E-state index contributed by atoms with van der Waals surface area (Å²) in [6, 6.07) is -0.777. The van der Waals surface area contributed by atoms with Crippen LogP contribution in [0.15, 0.2) is 12.5 Å². The number of carbonyl (C=O) groups is 1. The van der Waals surface area contributed by atoms with E-state index in [1.807, 2.05) is 0 Å². The smallest absolute Gasteiger partial charge is 0.379 e. The van der Waals surface area contributed by atoms with Gasteiger partial charge >= 0.3 is 7.82 Å². The number of amides is 1. The third-order valence-corrected chi connectivity index (χ3v) is 10.2. The maximum Gasteiger partial charge on any atom is 0.472 e. The first kappa shape index (κ1) is 47.7. The molecule has 51 heavy (non-hydrogen) atoms. The molecule has 1 aromatic heterocycles. The molecule has 5 N–H and O–H groups in total. The van der Waals surface area contributed by atoms with Crippen molar-refractivity contribution in [2.75, 3.05) is 39.6 Å². The molecular formula is C39H77N4O7P. The van der Waals surface area contributed by atoms with Crippen molar-refractivity contribution in [3.63, 3.8) is 0 Å². The molecule has 1 aromatic rings. The number of hydrogen-bond donors (Lipinski definition) is 4. The Hall–Kier alpha value is -1.33. The molecule has 300 valence electrons. The van der Waals surface area contributed by atoms with Crippen LogP contribution < -0.4 is 11.1 Å². The zero-order chi connectivity index (χ0) is 37.1. The van der Waals surface area contributed by atoms with Crippen molar-refractivity contribution in [3.8, 4) is 0 Å². The number of nitrogens with zero attached hydrogens (tertiary/aromatic N) is 1. The van der Waals surface area contributed by atoms with E-state index < -0.39 is 25.9 Å². The molecule has 0 aliphatic rings. The average molecular weight is 745 g/mol. The van der Waals surface area contributed by atoms with Gasteiger partial charge in [0, 0.05) is 38.1 Å². The normalized spacial score (nSPS) is 14.0. The Morgan fingerprint density at radius 3 is 1.73 bits per heavy atom. The summed E-state index contributed by atoms with van der Waals surface area (Å²) in [5.74, 6) is -0.390. The van der Waals surface area contributed by atoms with E-state index in [9.17, 15) is 14.3 Å². The van der Waals surface area contributed by atoms with Crippen LogP contribution in [0.25, 0.3) is 0 Å². The summed E-state index contributed by atoms with van der Waals surface area (Å²) in [5.41, 5.74) is 6.67. The fourth-order valence-electron chi connectivity index (χ4n) is 6.00. The number of aromatic nitrogens is 2. The van der Waals surface area contributed by atoms with Crippen LogP contribution in [0.4, 0.5) is 0 Å². The second-order valence-corrected chi connectivity index (χ2v) is 15.6. The zero-order valence-electron chi connectivity index (χ0n) is 32.6. The number of aromatic amines is 1. The van der Waals surface area contributed by atoms with E-state index in [0.717, 1.165) is 31.4 Å². The number of H-pyrrole nitrogens is 1. The van der Waals surface area contributed by atoms with Gasteiger partial charge in [-0.1, -0.05) is 155 Å². The van der Waals surface area contributed by atoms with Crippen molar-refractivity contribution in [1.82, 2.24) is 15.3 Å². The number of rotatable bonds is 39. The van der Waals surface area contributed by atoms with Crippen molar-refractivity contribution < 1.29 is 32.8 Å². The molecule has 0 fully saturated rings. The Morgan fingerprint density at radius 2 is 1.24 bits per heavy atom. The molecule has 0 radical (unpaired) electrons. The van der Waals surface area contributed by atoms with Crippen molar-refractivity contribution in [2.24, 2.45) is 5.73 Å². The molecule has 12 heteroatoms. The van der Waals surface area contributed by atoms with Crippen LogP contribution in [0.5, 0.6) is 0 Å². The van der Waals surface area contributed by atoms with Gasteiger partial charge in [-0.05, 0) is 12.8 Å². The number of unbranched alkanes of at least 4 members (excludes halogenated alkanes) is 22. The van der Waals surface area contributed by atoms with E-state index in [-0.39, 0.29) is 19.8 Å². The number of carbonyl (C=O) groups excluding carboxylic acids is 1. The number of hydrogen-bond acceptors (Lipinski definition) is 8. The molecule has 0 bridgehead atoms. The van der Waals surface area contributed by atoms with E-state index >= 15 is 0 Å². The molecular weight excluding hydrogens is 667 g/mol. The summed E-state index contributed by atoms with van der Waals surface area (Å²) < 4.78 is 34.9. The first-order valence-corrected chi connectivity index (χ1v) is 22.2. The Kier molecular flexibility index (Phi) is 32.2. The lowest BCUT2D eigenvalue weighted by Crippen LogP contribution is -2.43. The van der Waals surface area contributed by atoms with E-state index in [4.69, 9.17) is 24.3 Å². The van der Waals surface area contributed by atoms with Gasteiger partial charge in [0.05, 0.1) is 32.2 Å². The maximum absolute atomic E-state index is 12.6. The lowest BCUT2D eigenvalue weighted by Gasteiger charge is -2.20. The molecule has 0 saturated heterocycles. The van der Waals surface area contributed by atoms with Crippen LogP contribution in [0, 0.1) is 0 Å². The molecule has 11 nitrogen and oxygen atoms in total. The third-order valence-electron chi connectivity index (χ3n) is 9.21. The summed E-state index contributed by atoms with van der Waals surface area (Å²) in [6.45, 7) is 5.69. The van der Waals surface area contributed by atoms with Gasteiger partial charge in [0.15, 0.2) is 0 Å². The number of phosphoric acid groups is 1. The molecule has 0 aliphatic heterocycles. The summed E-state index contributed by atoms with van der Waals surface area (Å²) >= 11 is 0. The van der Waals surface area contributed by atoms with Crippen LogP contribution >= 0.6 is 7.82 Å². The highest BCUT2D eigenvalue weighted by atomic mass is 31.2. The van der Waals surface area contributed by atoms with E-state index in [2.05, 4.69) is 29.1 Å². The summed E-state index contributed by atoms with van der Waals surface area (Å²) in [7, 11) is -4.35. The van der Waals surface area contributed by atoms with E-state index in [1.165, 1.54) is 135 Å². The quantitative estimate of drug-likeness (QED) is 0.0381. The molecule has 3 unspecified atom stereocenters. The van der Waals surface area contributed by atoms with Crippen LogP contribution in [-0.4, -0.2) is 72.5 Å². The molecule has 0 saturated carbocycles. The van der Waals surface area contributed by atoms with E-state index in [1.54, 1.807) is 6.20 Å². The van der Waals surface area contributed by atoms with Gasteiger partial charge in [-0.2, -0.15) is 0 Å². The number of phosphoric ester groups is 1. The SMILES string of the molecule is CCCCCCCCCCCCCCOCC(COP(=O)(O)OCCNC(=O)C(N)Cc1cnc[nH]1)OCCCCCCCCCCCCCC. The summed E-state index contributed by atoms with van der Waals surface area (Å²) in [6.07, 6.45) is 33.6. The minimum atomic E-state index is -4.35. The summed E-state index contributed by atoms with van der Waals surface area (Å²) in [5, 5.41) is 2.61. The lowest BCUT2D eigenvalue weighted by atomic mass is 10.1. The molecule has 0 spiro atoms. The Balaban J connectivity index is 2.28. The van der Waals surface area contributed by atoms with Gasteiger partial charge in [-0.25, -0.2) is 9.55 Å². The van der Waals surface area contributed by atoms with Gasteiger partial charge in [-0.15, -0.1) is 0 Å². The monoisotopic (exact) mass is 745 g/mol. The molecule has 1 heterocycles. The minimum Gasteiger partial charge on any atom is -0.379 e. The van der Waals surface area contributed by atoms with Gasteiger partial charge in [0.1, 0.15) is 6.10 Å². The summed E-state index contributed by atoms with van der Waals surface area (Å²) in [4.78, 5) is 29.3. The number of ether oxygens (including phenoxy) is 2. The Labute approximate surface area is 311 Å². The van der Waals surface area contributed by atoms with Crippen LogP contribution in [0.2, 0.25) is 0 Å². The fourth-order valence-corrected chi connectivity index (χ4v) is 6.76. The van der Waals surface area contributed by atoms with Gasteiger partial charge < -0.3 is 30.4 Å². The predicted octanol–water partition coefficient (Wildman–Crippen LogP) is 9.33. The second-order valence-electron chi connectivity index (χ2n) is 14.1. The molecule has 3 atom stereocenters. The second kappa shape index (κ2) is 34.4. The number of nitrogens with two attached hydrogens (primary N) is 1. The largest absolute Gasteiger partial charge is 0.472 e. The van der Waals surface area contributed by atoms with E-state index in [0.29, 0.717) is 26.2 Å².